The number of aryl methyl sites for hydroxylation is 1. The van der Waals surface area contributed by atoms with Gasteiger partial charge in [0.1, 0.15) is 11.2 Å². The van der Waals surface area contributed by atoms with Crippen LogP contribution in [0.3, 0.4) is 0 Å². The van der Waals surface area contributed by atoms with Crippen LogP contribution in [0.2, 0.25) is 5.02 Å². The number of nitrogens with zero attached hydrogens (tertiary/aromatic N) is 2. The van der Waals surface area contributed by atoms with E-state index >= 15 is 0 Å². The predicted molar refractivity (Wildman–Crippen MR) is 105 cm³/mol. The van der Waals surface area contributed by atoms with Gasteiger partial charge in [-0.05, 0) is 23.1 Å². The third-order valence-electron chi connectivity index (χ3n) is 4.35. The van der Waals surface area contributed by atoms with E-state index in [1.807, 2.05) is 20.9 Å². The van der Waals surface area contributed by atoms with Gasteiger partial charge in [0.2, 0.25) is 0 Å². The molecule has 1 aromatic carbocycles. The van der Waals surface area contributed by atoms with Crippen LogP contribution in [0, 0.1) is 0 Å². The number of aromatic amines is 1. The molecule has 27 heavy (non-hydrogen) atoms. The van der Waals surface area contributed by atoms with Crippen LogP contribution in [0.4, 0.5) is 0 Å². The summed E-state index contributed by atoms with van der Waals surface area (Å²) < 4.78 is 24.8. The predicted octanol–water partition coefficient (Wildman–Crippen LogP) is 3.59. The molecule has 3 rings (SSSR count). The van der Waals surface area contributed by atoms with Crippen LogP contribution in [0.1, 0.15) is 41.5 Å². The summed E-state index contributed by atoms with van der Waals surface area (Å²) in [7, 11) is -1.42. The summed E-state index contributed by atoms with van der Waals surface area (Å²) in [5, 5.41) is 14.4. The minimum atomic E-state index is -3.23. The minimum Gasteiger partial charge on any atom is -0.477 e. The summed E-state index contributed by atoms with van der Waals surface area (Å²) >= 11 is 6.27. The number of hydrogen-bond donors (Lipinski definition) is 2. The summed E-state index contributed by atoms with van der Waals surface area (Å²) in [6, 6.07) is 4.86. The molecule has 0 bridgehead atoms. The minimum absolute atomic E-state index is 0.0296. The molecule has 0 spiro atoms. The molecule has 0 unspecified atom stereocenters. The molecule has 3 aromatic rings. The van der Waals surface area contributed by atoms with Crippen molar-refractivity contribution in [2.75, 3.05) is 6.26 Å². The van der Waals surface area contributed by atoms with Crippen molar-refractivity contribution in [3.05, 3.63) is 40.2 Å². The zero-order valence-corrected chi connectivity index (χ0v) is 16.9. The standard InChI is InChI=1S/C18H20ClN3O4S/c1-9(2)17-16-14(21-22(17)3)13(15(20-16)18(23)24)10-5-6-11(12(19)7-10)8-27(4,25)26/h5-7,9,20H,8H2,1-4H3,(H,23,24). The summed E-state index contributed by atoms with van der Waals surface area (Å²) in [5.74, 6) is -1.13. The maximum atomic E-state index is 11.8. The van der Waals surface area contributed by atoms with Crippen LogP contribution in [0.15, 0.2) is 18.2 Å². The molecule has 9 heteroatoms. The first-order valence-corrected chi connectivity index (χ1v) is 10.7. The number of carbonyl (C=O) groups is 1. The number of aromatic carboxylic acids is 1. The molecule has 0 saturated carbocycles. The number of hydrogen-bond acceptors (Lipinski definition) is 4. The van der Waals surface area contributed by atoms with E-state index in [9.17, 15) is 18.3 Å². The van der Waals surface area contributed by atoms with Crippen LogP contribution in [-0.2, 0) is 22.6 Å². The fraction of sp³-hybridized carbons (Fsp3) is 0.333. The molecule has 0 aliphatic rings. The molecular weight excluding hydrogens is 390 g/mol. The SMILES string of the molecule is CC(C)c1c2[nH]c(C(=O)O)c(-c3ccc(CS(C)(=O)=O)c(Cl)c3)c2nn1C. The van der Waals surface area contributed by atoms with Gasteiger partial charge < -0.3 is 10.1 Å². The van der Waals surface area contributed by atoms with Crippen LogP contribution < -0.4 is 0 Å². The second-order valence-electron chi connectivity index (χ2n) is 6.94. The smallest absolute Gasteiger partial charge is 0.353 e. The molecule has 2 N–H and O–H groups in total. The molecule has 0 atom stereocenters. The lowest BCUT2D eigenvalue weighted by Crippen LogP contribution is -2.04. The van der Waals surface area contributed by atoms with Gasteiger partial charge in [-0.15, -0.1) is 0 Å². The van der Waals surface area contributed by atoms with Crippen LogP contribution in [0.25, 0.3) is 22.2 Å². The molecular formula is C18H20ClN3O4S. The lowest BCUT2D eigenvalue weighted by atomic mass is 10.0. The first-order chi connectivity index (χ1) is 12.5. The molecule has 0 amide bonds. The molecule has 144 valence electrons. The Morgan fingerprint density at radius 2 is 2.04 bits per heavy atom. The van der Waals surface area contributed by atoms with Gasteiger partial charge in [0, 0.05) is 23.9 Å². The second-order valence-corrected chi connectivity index (χ2v) is 9.49. The Labute approximate surface area is 161 Å². The molecule has 0 radical (unpaired) electrons. The van der Waals surface area contributed by atoms with E-state index < -0.39 is 15.8 Å². The first kappa shape index (κ1) is 19.4. The van der Waals surface area contributed by atoms with Crippen LogP contribution >= 0.6 is 11.6 Å². The number of benzene rings is 1. The van der Waals surface area contributed by atoms with E-state index in [0.717, 1.165) is 11.9 Å². The van der Waals surface area contributed by atoms with Crippen molar-refractivity contribution < 1.29 is 18.3 Å². The normalized spacial score (nSPS) is 12.2. The van der Waals surface area contributed by atoms with Crippen molar-refractivity contribution in [2.45, 2.75) is 25.5 Å². The number of fused-ring (bicyclic) bond motifs is 1. The van der Waals surface area contributed by atoms with E-state index in [0.29, 0.717) is 27.7 Å². The Balaban J connectivity index is 2.24. The maximum Gasteiger partial charge on any atom is 0.353 e. The number of aromatic nitrogens is 3. The highest BCUT2D eigenvalue weighted by Crippen LogP contribution is 2.37. The molecule has 7 nitrogen and oxygen atoms in total. The van der Waals surface area contributed by atoms with Gasteiger partial charge in [-0.3, -0.25) is 4.68 Å². The van der Waals surface area contributed by atoms with Crippen molar-refractivity contribution in [3.8, 4) is 11.1 Å². The largest absolute Gasteiger partial charge is 0.477 e. The van der Waals surface area contributed by atoms with Crippen molar-refractivity contribution >= 4 is 38.4 Å². The summed E-state index contributed by atoms with van der Waals surface area (Å²) in [4.78, 5) is 14.8. The highest BCUT2D eigenvalue weighted by atomic mass is 35.5. The lowest BCUT2D eigenvalue weighted by molar-refractivity contribution is 0.0692. The highest BCUT2D eigenvalue weighted by molar-refractivity contribution is 7.89. The van der Waals surface area contributed by atoms with E-state index in [1.54, 1.807) is 22.9 Å². The average molecular weight is 410 g/mol. The molecule has 2 aromatic heterocycles. The van der Waals surface area contributed by atoms with Crippen molar-refractivity contribution in [3.63, 3.8) is 0 Å². The quantitative estimate of drug-likeness (QED) is 0.669. The Kier molecular flexibility index (Phi) is 4.81. The summed E-state index contributed by atoms with van der Waals surface area (Å²) in [6.45, 7) is 4.02. The lowest BCUT2D eigenvalue weighted by Gasteiger charge is -2.07. The Morgan fingerprint density at radius 3 is 2.56 bits per heavy atom. The zero-order valence-electron chi connectivity index (χ0n) is 15.4. The van der Waals surface area contributed by atoms with Crippen molar-refractivity contribution in [1.82, 2.24) is 14.8 Å². The number of H-pyrrole nitrogens is 1. The Morgan fingerprint density at radius 1 is 1.37 bits per heavy atom. The number of nitrogens with one attached hydrogen (secondary N) is 1. The molecule has 0 aliphatic heterocycles. The average Bonchev–Trinajstić information content (AvgIpc) is 3.02. The van der Waals surface area contributed by atoms with Gasteiger partial charge in [-0.1, -0.05) is 37.6 Å². The highest BCUT2D eigenvalue weighted by Gasteiger charge is 2.25. The van der Waals surface area contributed by atoms with E-state index in [4.69, 9.17) is 11.6 Å². The second kappa shape index (κ2) is 6.69. The van der Waals surface area contributed by atoms with Gasteiger partial charge in [0.05, 0.1) is 17.0 Å². The third kappa shape index (κ3) is 3.59. The van der Waals surface area contributed by atoms with Crippen LogP contribution in [-0.4, -0.2) is 40.5 Å². The fourth-order valence-corrected chi connectivity index (χ4v) is 4.49. The number of carboxylic acid groups (broad SMARTS) is 1. The number of halogens is 1. The van der Waals surface area contributed by atoms with Gasteiger partial charge >= 0.3 is 5.97 Å². The molecule has 0 fully saturated rings. The number of rotatable bonds is 5. The van der Waals surface area contributed by atoms with Crippen LogP contribution in [0.5, 0.6) is 0 Å². The number of sulfone groups is 1. The third-order valence-corrected chi connectivity index (χ3v) is 5.54. The van der Waals surface area contributed by atoms with E-state index in [1.165, 1.54) is 0 Å². The molecule has 0 saturated heterocycles. The Bertz CT molecular complexity index is 1160. The van der Waals surface area contributed by atoms with Crippen molar-refractivity contribution in [1.29, 1.82) is 0 Å². The van der Waals surface area contributed by atoms with Gasteiger partial charge in [0.25, 0.3) is 0 Å². The Hall–Kier alpha value is -2.32. The maximum absolute atomic E-state index is 11.8. The first-order valence-electron chi connectivity index (χ1n) is 8.28. The van der Waals surface area contributed by atoms with Gasteiger partial charge in [-0.25, -0.2) is 13.2 Å². The monoisotopic (exact) mass is 409 g/mol. The van der Waals surface area contributed by atoms with Gasteiger partial charge in [-0.2, -0.15) is 5.10 Å². The van der Waals surface area contributed by atoms with E-state index in [-0.39, 0.29) is 22.4 Å². The molecule has 2 heterocycles. The van der Waals surface area contributed by atoms with Gasteiger partial charge in [0.15, 0.2) is 9.84 Å². The summed E-state index contributed by atoms with van der Waals surface area (Å²) in [5.41, 5.74) is 3.62. The topological polar surface area (TPSA) is 105 Å². The zero-order chi connectivity index (χ0) is 20.1. The fourth-order valence-electron chi connectivity index (χ4n) is 3.35. The van der Waals surface area contributed by atoms with E-state index in [2.05, 4.69) is 10.1 Å². The summed E-state index contributed by atoms with van der Waals surface area (Å²) in [6.07, 6.45) is 1.14. The number of carboxylic acids is 1. The van der Waals surface area contributed by atoms with Crippen molar-refractivity contribution in [2.24, 2.45) is 7.05 Å². The molecule has 0 aliphatic carbocycles.